The molecule has 1 heterocycles. The van der Waals surface area contributed by atoms with Gasteiger partial charge in [0.2, 0.25) is 11.4 Å². The Morgan fingerprint density at radius 2 is 1.63 bits per heavy atom. The summed E-state index contributed by atoms with van der Waals surface area (Å²) < 4.78 is 7.14. The number of carboxylic acid groups (broad SMARTS) is 1. The van der Waals surface area contributed by atoms with Crippen LogP contribution in [-0.4, -0.2) is 29.9 Å². The second-order valence-corrected chi connectivity index (χ2v) is 8.25. The van der Waals surface area contributed by atoms with Crippen LogP contribution < -0.4 is 4.58 Å². The lowest BCUT2D eigenvalue weighted by Gasteiger charge is -2.17. The average Bonchev–Trinajstić information content (AvgIpc) is 2.94. The summed E-state index contributed by atoms with van der Waals surface area (Å²) in [6.45, 7) is 7.80. The number of rotatable bonds is 3. The Labute approximate surface area is 175 Å². The van der Waals surface area contributed by atoms with Crippen LogP contribution in [0.25, 0.3) is 10.8 Å². The Bertz CT molecular complexity index is 1240. The number of methoxy groups -OCH3 is 1. The molecule has 3 aromatic rings. The standard InChI is InChI=1S/C25H23NO4/c1-14-12-17(23(27)28)13-15(2)21(14)26-19-11-10-16-8-6-7-9-18(16)20(19)25(3,4)22(26)24(29)30-5/h6-13H,1-5H3/p+1. The molecule has 0 aromatic heterocycles. The van der Waals surface area contributed by atoms with Gasteiger partial charge in [0.25, 0.3) is 5.71 Å². The molecule has 0 radical (unpaired) electrons. The fraction of sp³-hybridized carbons (Fsp3) is 0.240. The van der Waals surface area contributed by atoms with Crippen LogP contribution in [0, 0.1) is 13.8 Å². The van der Waals surface area contributed by atoms with Crippen molar-refractivity contribution in [2.75, 3.05) is 7.11 Å². The largest absolute Gasteiger partial charge is 0.478 e. The summed E-state index contributed by atoms with van der Waals surface area (Å²) in [6.07, 6.45) is 0. The molecule has 5 heteroatoms. The first-order valence-corrected chi connectivity index (χ1v) is 9.81. The molecule has 152 valence electrons. The minimum Gasteiger partial charge on any atom is -0.478 e. The first-order chi connectivity index (χ1) is 14.2. The number of benzene rings is 3. The molecular formula is C25H24NO4+. The van der Waals surface area contributed by atoms with Gasteiger partial charge in [-0.1, -0.05) is 24.3 Å². The number of esters is 1. The Kier molecular flexibility index (Phi) is 4.49. The van der Waals surface area contributed by atoms with Crippen molar-refractivity contribution in [1.29, 1.82) is 0 Å². The van der Waals surface area contributed by atoms with Crippen molar-refractivity contribution in [3.8, 4) is 0 Å². The summed E-state index contributed by atoms with van der Waals surface area (Å²) in [5.41, 5.74) is 4.48. The zero-order valence-electron chi connectivity index (χ0n) is 17.7. The van der Waals surface area contributed by atoms with Gasteiger partial charge < -0.3 is 9.84 Å². The summed E-state index contributed by atoms with van der Waals surface area (Å²) in [6, 6.07) is 15.5. The summed E-state index contributed by atoms with van der Waals surface area (Å²) in [5, 5.41) is 11.6. The summed E-state index contributed by atoms with van der Waals surface area (Å²) in [5.74, 6) is -1.38. The van der Waals surface area contributed by atoms with Crippen LogP contribution in [0.1, 0.15) is 40.9 Å². The number of carbonyl (C=O) groups is 2. The van der Waals surface area contributed by atoms with Gasteiger partial charge in [0.1, 0.15) is 0 Å². The predicted octanol–water partition coefficient (Wildman–Crippen LogP) is 4.89. The molecular weight excluding hydrogens is 378 g/mol. The molecule has 0 bridgehead atoms. The Balaban J connectivity index is 2.14. The molecule has 5 nitrogen and oxygen atoms in total. The third kappa shape index (κ3) is 2.73. The maximum Gasteiger partial charge on any atom is 0.400 e. The van der Waals surface area contributed by atoms with Crippen LogP contribution in [0.5, 0.6) is 0 Å². The van der Waals surface area contributed by atoms with Crippen molar-refractivity contribution in [1.82, 2.24) is 4.58 Å². The van der Waals surface area contributed by atoms with Gasteiger partial charge in [-0.15, -0.1) is 4.58 Å². The molecule has 0 atom stereocenters. The van der Waals surface area contributed by atoms with Gasteiger partial charge in [0, 0.05) is 22.8 Å². The topological polar surface area (TPSA) is 66.6 Å². The van der Waals surface area contributed by atoms with E-state index in [0.29, 0.717) is 5.71 Å². The molecule has 0 amide bonds. The zero-order chi connectivity index (χ0) is 21.8. The number of aromatic carboxylic acids is 1. The molecule has 3 aromatic carbocycles. The number of ether oxygens (including phenoxy) is 1. The van der Waals surface area contributed by atoms with E-state index in [2.05, 4.69) is 12.1 Å². The van der Waals surface area contributed by atoms with Gasteiger partial charge in [-0.2, -0.15) is 0 Å². The Hall–Kier alpha value is -3.47. The van der Waals surface area contributed by atoms with E-state index < -0.39 is 17.4 Å². The molecule has 1 aliphatic heterocycles. The van der Waals surface area contributed by atoms with Crippen molar-refractivity contribution in [2.45, 2.75) is 33.1 Å². The average molecular weight is 402 g/mol. The monoisotopic (exact) mass is 402 g/mol. The lowest BCUT2D eigenvalue weighted by molar-refractivity contribution is -0.133. The smallest absolute Gasteiger partial charge is 0.400 e. The molecule has 1 aliphatic rings. The fourth-order valence-electron chi connectivity index (χ4n) is 4.73. The maximum atomic E-state index is 13.0. The van der Waals surface area contributed by atoms with E-state index in [0.717, 1.165) is 38.8 Å². The van der Waals surface area contributed by atoms with Crippen LogP contribution in [-0.2, 0) is 14.9 Å². The van der Waals surface area contributed by atoms with Crippen LogP contribution in [0.3, 0.4) is 0 Å². The van der Waals surface area contributed by atoms with Gasteiger partial charge in [0.05, 0.1) is 18.1 Å². The third-order valence-electron chi connectivity index (χ3n) is 5.93. The highest BCUT2D eigenvalue weighted by atomic mass is 16.5. The molecule has 1 N–H and O–H groups in total. The minimum atomic E-state index is -0.974. The molecule has 30 heavy (non-hydrogen) atoms. The number of fused-ring (bicyclic) bond motifs is 3. The summed E-state index contributed by atoms with van der Waals surface area (Å²) in [7, 11) is 1.39. The van der Waals surface area contributed by atoms with E-state index in [4.69, 9.17) is 4.74 Å². The van der Waals surface area contributed by atoms with Crippen molar-refractivity contribution in [2.24, 2.45) is 0 Å². The van der Waals surface area contributed by atoms with Crippen LogP contribution in [0.15, 0.2) is 48.5 Å². The van der Waals surface area contributed by atoms with Gasteiger partial charge >= 0.3 is 11.9 Å². The molecule has 0 unspecified atom stereocenters. The van der Waals surface area contributed by atoms with Gasteiger partial charge in [0.15, 0.2) is 0 Å². The van der Waals surface area contributed by atoms with Crippen LogP contribution in [0.4, 0.5) is 11.4 Å². The number of carboxylic acids is 1. The van der Waals surface area contributed by atoms with Gasteiger partial charge in [-0.05, 0) is 56.7 Å². The molecule has 4 rings (SSSR count). The number of aryl methyl sites for hydroxylation is 2. The van der Waals surface area contributed by atoms with Gasteiger partial charge in [-0.25, -0.2) is 9.59 Å². The van der Waals surface area contributed by atoms with E-state index in [-0.39, 0.29) is 5.56 Å². The molecule has 0 fully saturated rings. The first kappa shape index (κ1) is 19.8. The summed E-state index contributed by atoms with van der Waals surface area (Å²) >= 11 is 0. The van der Waals surface area contributed by atoms with Crippen molar-refractivity contribution < 1.29 is 19.4 Å². The highest BCUT2D eigenvalue weighted by Gasteiger charge is 2.52. The lowest BCUT2D eigenvalue weighted by Crippen LogP contribution is -2.37. The Morgan fingerprint density at radius 1 is 1.00 bits per heavy atom. The van der Waals surface area contributed by atoms with E-state index in [1.807, 2.05) is 56.5 Å². The van der Waals surface area contributed by atoms with E-state index in [9.17, 15) is 14.7 Å². The first-order valence-electron chi connectivity index (χ1n) is 9.81. The fourth-order valence-corrected chi connectivity index (χ4v) is 4.73. The third-order valence-corrected chi connectivity index (χ3v) is 5.93. The minimum absolute atomic E-state index is 0.227. The molecule has 0 aliphatic carbocycles. The highest BCUT2D eigenvalue weighted by molar-refractivity contribution is 6.43. The van der Waals surface area contributed by atoms with E-state index in [1.54, 1.807) is 12.1 Å². The number of hydrogen-bond acceptors (Lipinski definition) is 3. The van der Waals surface area contributed by atoms with E-state index >= 15 is 0 Å². The highest BCUT2D eigenvalue weighted by Crippen LogP contribution is 2.46. The molecule has 0 saturated heterocycles. The SMILES string of the molecule is COC(=O)C1=[N+](c2c(C)cc(C(=O)O)cc2C)c2ccc3ccccc3c2C1(C)C. The maximum absolute atomic E-state index is 13.0. The number of hydrogen-bond donors (Lipinski definition) is 1. The van der Waals surface area contributed by atoms with Gasteiger partial charge in [-0.3, -0.25) is 0 Å². The number of carbonyl (C=O) groups excluding carboxylic acids is 1. The predicted molar refractivity (Wildman–Crippen MR) is 118 cm³/mol. The van der Waals surface area contributed by atoms with Crippen LogP contribution >= 0.6 is 0 Å². The second-order valence-electron chi connectivity index (χ2n) is 8.25. The normalized spacial score (nSPS) is 14.7. The van der Waals surface area contributed by atoms with Crippen LogP contribution in [0.2, 0.25) is 0 Å². The Morgan fingerprint density at radius 3 is 2.23 bits per heavy atom. The summed E-state index contributed by atoms with van der Waals surface area (Å²) in [4.78, 5) is 24.5. The molecule has 0 saturated carbocycles. The van der Waals surface area contributed by atoms with E-state index in [1.165, 1.54) is 7.11 Å². The van der Waals surface area contributed by atoms with Crippen molar-refractivity contribution in [3.05, 3.63) is 70.8 Å². The zero-order valence-corrected chi connectivity index (χ0v) is 17.7. The van der Waals surface area contributed by atoms with Crippen molar-refractivity contribution in [3.63, 3.8) is 0 Å². The second kappa shape index (κ2) is 6.80. The molecule has 0 spiro atoms. The quantitative estimate of drug-likeness (QED) is 0.500. The number of nitrogens with zero attached hydrogens (tertiary/aromatic N) is 1. The lowest BCUT2D eigenvalue weighted by atomic mass is 9.79. The van der Waals surface area contributed by atoms with Crippen molar-refractivity contribution >= 4 is 39.8 Å².